The first kappa shape index (κ1) is 21.2. The van der Waals surface area contributed by atoms with Crippen molar-refractivity contribution in [3.63, 3.8) is 0 Å². The van der Waals surface area contributed by atoms with Gasteiger partial charge in [-0.05, 0) is 57.4 Å². The number of nitrogens with two attached hydrogens (primary N) is 1. The summed E-state index contributed by atoms with van der Waals surface area (Å²) in [5.74, 6) is 0.752. The van der Waals surface area contributed by atoms with Crippen LogP contribution in [0.4, 0.5) is 5.69 Å². The largest absolute Gasteiger partial charge is 0.491 e. The minimum atomic E-state index is -0.0630. The number of ether oxygens (including phenoxy) is 2. The molecule has 0 bridgehead atoms. The number of carbonyl (C=O) groups is 1. The van der Waals surface area contributed by atoms with Gasteiger partial charge in [0.15, 0.2) is 0 Å². The second kappa shape index (κ2) is 9.02. The molecule has 1 aromatic heterocycles. The van der Waals surface area contributed by atoms with E-state index < -0.39 is 0 Å². The minimum absolute atomic E-state index is 0.0630. The number of methoxy groups -OCH3 is 1. The SMILES string of the molecule is COCCOc1ccc2c(N)c(-c3ccc(C(=O)NC(C)C)cc3)n(C3CCC3)c2c1. The quantitative estimate of drug-likeness (QED) is 0.513. The van der Waals surface area contributed by atoms with Crippen molar-refractivity contribution in [2.45, 2.75) is 45.2 Å². The lowest BCUT2D eigenvalue weighted by Gasteiger charge is -2.30. The number of carbonyl (C=O) groups excluding carboxylic acids is 1. The lowest BCUT2D eigenvalue weighted by molar-refractivity contribution is 0.0943. The molecule has 0 saturated heterocycles. The second-order valence-electron chi connectivity index (χ2n) is 8.44. The molecule has 1 amide bonds. The fourth-order valence-corrected chi connectivity index (χ4v) is 4.09. The van der Waals surface area contributed by atoms with E-state index in [1.807, 2.05) is 50.2 Å². The van der Waals surface area contributed by atoms with Gasteiger partial charge in [0.25, 0.3) is 5.91 Å². The first-order chi connectivity index (χ1) is 15.0. The number of nitrogens with one attached hydrogen (secondary N) is 1. The Morgan fingerprint density at radius 2 is 1.90 bits per heavy atom. The fourth-order valence-electron chi connectivity index (χ4n) is 4.09. The zero-order valence-corrected chi connectivity index (χ0v) is 18.5. The molecule has 1 fully saturated rings. The topological polar surface area (TPSA) is 78.5 Å². The van der Waals surface area contributed by atoms with Gasteiger partial charge in [0, 0.05) is 41.8 Å². The zero-order chi connectivity index (χ0) is 22.0. The lowest BCUT2D eigenvalue weighted by atomic mass is 9.92. The average molecular weight is 422 g/mol. The maximum Gasteiger partial charge on any atom is 0.251 e. The summed E-state index contributed by atoms with van der Waals surface area (Å²) >= 11 is 0. The van der Waals surface area contributed by atoms with E-state index in [2.05, 4.69) is 16.0 Å². The van der Waals surface area contributed by atoms with Crippen molar-refractivity contribution in [2.75, 3.05) is 26.1 Å². The summed E-state index contributed by atoms with van der Waals surface area (Å²) in [7, 11) is 1.67. The molecule has 2 aromatic carbocycles. The van der Waals surface area contributed by atoms with Crippen molar-refractivity contribution in [1.29, 1.82) is 0 Å². The smallest absolute Gasteiger partial charge is 0.251 e. The summed E-state index contributed by atoms with van der Waals surface area (Å²) < 4.78 is 13.3. The Morgan fingerprint density at radius 1 is 1.16 bits per heavy atom. The van der Waals surface area contributed by atoms with Crippen molar-refractivity contribution < 1.29 is 14.3 Å². The highest BCUT2D eigenvalue weighted by molar-refractivity contribution is 6.02. The molecular weight excluding hydrogens is 390 g/mol. The second-order valence-corrected chi connectivity index (χ2v) is 8.44. The molecule has 6 heteroatoms. The Bertz CT molecular complexity index is 1070. The van der Waals surface area contributed by atoms with Crippen LogP contribution in [0.15, 0.2) is 42.5 Å². The number of nitrogens with zero attached hydrogens (tertiary/aromatic N) is 1. The molecule has 164 valence electrons. The molecule has 4 rings (SSSR count). The van der Waals surface area contributed by atoms with Crippen LogP contribution in [-0.4, -0.2) is 36.8 Å². The van der Waals surface area contributed by atoms with Crippen molar-refractivity contribution >= 4 is 22.5 Å². The van der Waals surface area contributed by atoms with E-state index in [0.29, 0.717) is 24.8 Å². The van der Waals surface area contributed by atoms with Gasteiger partial charge in [0.05, 0.1) is 23.5 Å². The predicted molar refractivity (Wildman–Crippen MR) is 125 cm³/mol. The van der Waals surface area contributed by atoms with Gasteiger partial charge in [-0.25, -0.2) is 0 Å². The van der Waals surface area contributed by atoms with E-state index in [1.54, 1.807) is 7.11 Å². The van der Waals surface area contributed by atoms with Gasteiger partial charge in [-0.2, -0.15) is 0 Å². The van der Waals surface area contributed by atoms with Crippen LogP contribution < -0.4 is 15.8 Å². The number of hydrogen-bond donors (Lipinski definition) is 2. The van der Waals surface area contributed by atoms with Crippen LogP contribution in [0.25, 0.3) is 22.2 Å². The Morgan fingerprint density at radius 3 is 2.52 bits per heavy atom. The monoisotopic (exact) mass is 421 g/mol. The molecule has 3 N–H and O–H groups in total. The first-order valence-electron chi connectivity index (χ1n) is 11.0. The molecule has 0 atom stereocenters. The number of amides is 1. The molecule has 1 heterocycles. The van der Waals surface area contributed by atoms with Gasteiger partial charge < -0.3 is 25.1 Å². The van der Waals surface area contributed by atoms with Gasteiger partial charge in [-0.15, -0.1) is 0 Å². The molecule has 1 saturated carbocycles. The van der Waals surface area contributed by atoms with Crippen molar-refractivity contribution in [1.82, 2.24) is 9.88 Å². The van der Waals surface area contributed by atoms with Gasteiger partial charge in [0.1, 0.15) is 12.4 Å². The van der Waals surface area contributed by atoms with Crippen LogP contribution in [0.3, 0.4) is 0 Å². The van der Waals surface area contributed by atoms with Crippen LogP contribution in [0, 0.1) is 0 Å². The van der Waals surface area contributed by atoms with Gasteiger partial charge in [-0.3, -0.25) is 4.79 Å². The normalized spacial score (nSPS) is 14.1. The van der Waals surface area contributed by atoms with Crippen LogP contribution in [-0.2, 0) is 4.74 Å². The van der Waals surface area contributed by atoms with Gasteiger partial charge in [-0.1, -0.05) is 12.1 Å². The third-order valence-electron chi connectivity index (χ3n) is 5.85. The highest BCUT2D eigenvalue weighted by Gasteiger charge is 2.27. The van der Waals surface area contributed by atoms with E-state index in [9.17, 15) is 4.79 Å². The number of hydrogen-bond acceptors (Lipinski definition) is 4. The fraction of sp³-hybridized carbons (Fsp3) is 0.400. The van der Waals surface area contributed by atoms with Crippen molar-refractivity contribution in [2.24, 2.45) is 0 Å². The molecule has 1 aliphatic carbocycles. The Labute approximate surface area is 183 Å². The Kier molecular flexibility index (Phi) is 6.18. The molecule has 0 radical (unpaired) electrons. The van der Waals surface area contributed by atoms with Gasteiger partial charge in [0.2, 0.25) is 0 Å². The van der Waals surface area contributed by atoms with E-state index in [-0.39, 0.29) is 11.9 Å². The zero-order valence-electron chi connectivity index (χ0n) is 18.5. The van der Waals surface area contributed by atoms with Crippen LogP contribution in [0.2, 0.25) is 0 Å². The first-order valence-corrected chi connectivity index (χ1v) is 11.0. The molecular formula is C25H31N3O3. The summed E-state index contributed by atoms with van der Waals surface area (Å²) in [4.78, 5) is 12.3. The Hall–Kier alpha value is -2.99. The number of benzene rings is 2. The third-order valence-corrected chi connectivity index (χ3v) is 5.85. The lowest BCUT2D eigenvalue weighted by Crippen LogP contribution is -2.29. The number of rotatable bonds is 8. The molecule has 1 aliphatic rings. The van der Waals surface area contributed by atoms with Crippen LogP contribution >= 0.6 is 0 Å². The molecule has 6 nitrogen and oxygen atoms in total. The van der Waals surface area contributed by atoms with Gasteiger partial charge >= 0.3 is 0 Å². The van der Waals surface area contributed by atoms with Crippen molar-refractivity contribution in [3.8, 4) is 17.0 Å². The highest BCUT2D eigenvalue weighted by atomic mass is 16.5. The molecule has 0 unspecified atom stereocenters. The van der Waals surface area contributed by atoms with Crippen LogP contribution in [0.5, 0.6) is 5.75 Å². The Balaban J connectivity index is 1.74. The molecule has 3 aromatic rings. The van der Waals surface area contributed by atoms with Crippen LogP contribution in [0.1, 0.15) is 49.5 Å². The summed E-state index contributed by atoms with van der Waals surface area (Å²) in [6.45, 7) is 4.97. The number of aromatic nitrogens is 1. The van der Waals surface area contributed by atoms with E-state index in [1.165, 1.54) is 6.42 Å². The number of fused-ring (bicyclic) bond motifs is 1. The average Bonchev–Trinajstić information content (AvgIpc) is 2.98. The standard InChI is InChI=1S/C25H31N3O3/c1-16(2)27-25(29)18-9-7-17(8-10-18)24-23(26)21-12-11-20(31-14-13-30-3)15-22(21)28(24)19-5-4-6-19/h7-12,15-16,19H,4-6,13-14,26H2,1-3H3,(H,27,29). The van der Waals surface area contributed by atoms with E-state index >= 15 is 0 Å². The summed E-state index contributed by atoms with van der Waals surface area (Å²) in [5, 5.41) is 3.96. The molecule has 31 heavy (non-hydrogen) atoms. The third kappa shape index (κ3) is 4.26. The highest BCUT2D eigenvalue weighted by Crippen LogP contribution is 2.44. The molecule has 0 aliphatic heterocycles. The minimum Gasteiger partial charge on any atom is -0.491 e. The van der Waals surface area contributed by atoms with Crippen molar-refractivity contribution in [3.05, 3.63) is 48.0 Å². The number of nitrogen functional groups attached to an aromatic ring is 1. The predicted octanol–water partition coefficient (Wildman–Crippen LogP) is 4.78. The number of anilines is 1. The maximum absolute atomic E-state index is 12.3. The summed E-state index contributed by atoms with van der Waals surface area (Å²) in [6.07, 6.45) is 3.50. The van der Waals surface area contributed by atoms with E-state index in [4.69, 9.17) is 15.2 Å². The van der Waals surface area contributed by atoms with E-state index in [0.717, 1.165) is 46.4 Å². The summed E-state index contributed by atoms with van der Waals surface area (Å²) in [5.41, 5.74) is 11.2. The summed E-state index contributed by atoms with van der Waals surface area (Å²) in [6, 6.07) is 14.3. The molecule has 0 spiro atoms. The maximum atomic E-state index is 12.3.